The van der Waals surface area contributed by atoms with E-state index in [0.29, 0.717) is 18.0 Å². The molecule has 2 aromatic rings. The summed E-state index contributed by atoms with van der Waals surface area (Å²) < 4.78 is 32.3. The average Bonchev–Trinajstić information content (AvgIpc) is 2.78. The second-order valence-electron chi connectivity index (χ2n) is 7.11. The standard InChI is InChI=1S/C23H29N3O5S/c1-4-5-15-24-32(29,30)21-8-6-7-19(16-21)26-23(28)17(2)25-22(27)14-11-18-9-12-20(31-3)13-10-18/h6-14,16-17,24H,4-5,15H2,1-3H3,(H,25,27)(H,26,28)/b14-11+. The van der Waals surface area contributed by atoms with Gasteiger partial charge in [-0.15, -0.1) is 0 Å². The van der Waals surface area contributed by atoms with Gasteiger partial charge in [-0.2, -0.15) is 0 Å². The fourth-order valence-corrected chi connectivity index (χ4v) is 3.79. The first-order valence-electron chi connectivity index (χ1n) is 10.3. The van der Waals surface area contributed by atoms with Crippen LogP contribution in [0, 0.1) is 0 Å². The smallest absolute Gasteiger partial charge is 0.246 e. The van der Waals surface area contributed by atoms with Crippen molar-refractivity contribution in [1.29, 1.82) is 0 Å². The highest BCUT2D eigenvalue weighted by Crippen LogP contribution is 2.16. The van der Waals surface area contributed by atoms with Crippen LogP contribution in [0.1, 0.15) is 32.3 Å². The van der Waals surface area contributed by atoms with Gasteiger partial charge in [0.1, 0.15) is 11.8 Å². The Kier molecular flexibility index (Phi) is 9.42. The van der Waals surface area contributed by atoms with Gasteiger partial charge >= 0.3 is 0 Å². The number of hydrogen-bond acceptors (Lipinski definition) is 5. The molecule has 8 nitrogen and oxygen atoms in total. The number of hydrogen-bond donors (Lipinski definition) is 3. The molecule has 2 aromatic carbocycles. The van der Waals surface area contributed by atoms with Crippen molar-refractivity contribution >= 4 is 33.6 Å². The molecule has 0 saturated carbocycles. The van der Waals surface area contributed by atoms with Crippen LogP contribution in [0.15, 0.2) is 59.5 Å². The number of rotatable bonds is 11. The first kappa shape index (κ1) is 25.1. The number of sulfonamides is 1. The average molecular weight is 460 g/mol. The molecule has 0 saturated heterocycles. The molecule has 0 aliphatic carbocycles. The lowest BCUT2D eigenvalue weighted by molar-refractivity contribution is -0.123. The lowest BCUT2D eigenvalue weighted by Crippen LogP contribution is -2.40. The fraction of sp³-hybridized carbons (Fsp3) is 0.304. The number of amides is 2. The number of anilines is 1. The van der Waals surface area contributed by atoms with Crippen LogP contribution in [-0.4, -0.2) is 39.9 Å². The zero-order chi connectivity index (χ0) is 23.6. The fourth-order valence-electron chi connectivity index (χ4n) is 2.67. The van der Waals surface area contributed by atoms with E-state index in [2.05, 4.69) is 15.4 Å². The Morgan fingerprint density at radius 1 is 1.12 bits per heavy atom. The summed E-state index contributed by atoms with van der Waals surface area (Å²) in [5.41, 5.74) is 1.13. The van der Waals surface area contributed by atoms with E-state index in [4.69, 9.17) is 4.74 Å². The quantitative estimate of drug-likeness (QED) is 0.353. The third kappa shape index (κ3) is 7.82. The molecule has 32 heavy (non-hydrogen) atoms. The summed E-state index contributed by atoms with van der Waals surface area (Å²) in [4.78, 5) is 24.6. The maximum atomic E-state index is 12.4. The first-order chi connectivity index (χ1) is 15.2. The van der Waals surface area contributed by atoms with E-state index in [1.807, 2.05) is 6.92 Å². The van der Waals surface area contributed by atoms with Gasteiger partial charge in [0.05, 0.1) is 12.0 Å². The van der Waals surface area contributed by atoms with E-state index >= 15 is 0 Å². The summed E-state index contributed by atoms with van der Waals surface area (Å²) in [5.74, 6) is -0.185. The predicted molar refractivity (Wildman–Crippen MR) is 125 cm³/mol. The van der Waals surface area contributed by atoms with E-state index in [1.54, 1.807) is 56.5 Å². The van der Waals surface area contributed by atoms with Crippen LogP contribution in [0.3, 0.4) is 0 Å². The summed E-state index contributed by atoms with van der Waals surface area (Å²) in [6, 6.07) is 12.3. The van der Waals surface area contributed by atoms with E-state index in [9.17, 15) is 18.0 Å². The van der Waals surface area contributed by atoms with Gasteiger partial charge in [-0.05, 0) is 55.3 Å². The van der Waals surface area contributed by atoms with Gasteiger partial charge in [0.15, 0.2) is 0 Å². The first-order valence-corrected chi connectivity index (χ1v) is 11.8. The van der Waals surface area contributed by atoms with E-state index in [0.717, 1.165) is 18.4 Å². The monoisotopic (exact) mass is 459 g/mol. The second-order valence-corrected chi connectivity index (χ2v) is 8.87. The van der Waals surface area contributed by atoms with Crippen LogP contribution in [0.25, 0.3) is 6.08 Å². The van der Waals surface area contributed by atoms with Gasteiger partial charge in [0.2, 0.25) is 21.8 Å². The molecule has 0 aromatic heterocycles. The zero-order valence-corrected chi connectivity index (χ0v) is 19.2. The van der Waals surface area contributed by atoms with Gasteiger partial charge in [-0.1, -0.05) is 31.5 Å². The number of carbonyl (C=O) groups is 2. The summed E-state index contributed by atoms with van der Waals surface area (Å²) in [6.07, 6.45) is 4.57. The molecular formula is C23H29N3O5S. The molecule has 0 radical (unpaired) electrons. The summed E-state index contributed by atoms with van der Waals surface area (Å²) in [6.45, 7) is 3.86. The third-order valence-corrected chi connectivity index (χ3v) is 5.99. The predicted octanol–water partition coefficient (Wildman–Crippen LogP) is 2.93. The number of nitrogens with one attached hydrogen (secondary N) is 3. The topological polar surface area (TPSA) is 114 Å². The Hall–Kier alpha value is -3.17. The second kappa shape index (κ2) is 12.0. The lowest BCUT2D eigenvalue weighted by Gasteiger charge is -2.14. The molecule has 0 bridgehead atoms. The van der Waals surface area contributed by atoms with Crippen molar-refractivity contribution in [2.75, 3.05) is 19.0 Å². The highest BCUT2D eigenvalue weighted by molar-refractivity contribution is 7.89. The van der Waals surface area contributed by atoms with Crippen LogP contribution in [0.4, 0.5) is 5.69 Å². The molecule has 1 unspecified atom stereocenters. The third-order valence-electron chi connectivity index (χ3n) is 4.53. The Balaban J connectivity index is 1.94. The molecule has 0 spiro atoms. The highest BCUT2D eigenvalue weighted by Gasteiger charge is 2.17. The van der Waals surface area contributed by atoms with Crippen LogP contribution in [-0.2, 0) is 19.6 Å². The maximum absolute atomic E-state index is 12.4. The van der Waals surface area contributed by atoms with Crippen molar-refractivity contribution in [2.45, 2.75) is 37.6 Å². The molecular weight excluding hydrogens is 430 g/mol. The maximum Gasteiger partial charge on any atom is 0.246 e. The van der Waals surface area contributed by atoms with Crippen LogP contribution in [0.5, 0.6) is 5.75 Å². The molecule has 9 heteroatoms. The number of ether oxygens (including phenoxy) is 1. The number of carbonyl (C=O) groups excluding carboxylic acids is 2. The van der Waals surface area contributed by atoms with Crippen LogP contribution in [0.2, 0.25) is 0 Å². The minimum atomic E-state index is -3.66. The normalized spacial score (nSPS) is 12.3. The van der Waals surface area contributed by atoms with Crippen molar-refractivity contribution in [1.82, 2.24) is 10.0 Å². The van der Waals surface area contributed by atoms with Gasteiger partial charge < -0.3 is 15.4 Å². The Morgan fingerprint density at radius 3 is 2.50 bits per heavy atom. The summed E-state index contributed by atoms with van der Waals surface area (Å²) >= 11 is 0. The van der Waals surface area contributed by atoms with Crippen molar-refractivity contribution in [3.8, 4) is 5.75 Å². The highest BCUT2D eigenvalue weighted by atomic mass is 32.2. The number of benzene rings is 2. The SMILES string of the molecule is CCCCNS(=O)(=O)c1cccc(NC(=O)C(C)NC(=O)/C=C/c2ccc(OC)cc2)c1. The molecule has 0 aliphatic rings. The number of unbranched alkanes of at least 4 members (excludes halogenated alkanes) is 1. The number of methoxy groups -OCH3 is 1. The molecule has 3 N–H and O–H groups in total. The Morgan fingerprint density at radius 2 is 1.84 bits per heavy atom. The minimum absolute atomic E-state index is 0.0607. The lowest BCUT2D eigenvalue weighted by atomic mass is 10.2. The Bertz CT molecular complexity index is 1050. The van der Waals surface area contributed by atoms with Crippen molar-refractivity contribution in [3.05, 3.63) is 60.2 Å². The van der Waals surface area contributed by atoms with Gasteiger partial charge in [-0.3, -0.25) is 9.59 Å². The molecule has 2 amide bonds. The summed E-state index contributed by atoms with van der Waals surface area (Å²) in [5, 5.41) is 5.21. The minimum Gasteiger partial charge on any atom is -0.497 e. The summed E-state index contributed by atoms with van der Waals surface area (Å²) in [7, 11) is -2.08. The molecule has 0 aliphatic heterocycles. The molecule has 2 rings (SSSR count). The van der Waals surface area contributed by atoms with Gasteiger partial charge in [-0.25, -0.2) is 13.1 Å². The Labute approximate surface area is 189 Å². The van der Waals surface area contributed by atoms with E-state index < -0.39 is 27.9 Å². The van der Waals surface area contributed by atoms with Gasteiger partial charge in [0.25, 0.3) is 0 Å². The van der Waals surface area contributed by atoms with Crippen molar-refractivity contribution in [2.24, 2.45) is 0 Å². The van der Waals surface area contributed by atoms with Crippen molar-refractivity contribution in [3.63, 3.8) is 0 Å². The largest absolute Gasteiger partial charge is 0.497 e. The van der Waals surface area contributed by atoms with E-state index in [1.165, 1.54) is 18.2 Å². The van der Waals surface area contributed by atoms with Crippen molar-refractivity contribution < 1.29 is 22.7 Å². The van der Waals surface area contributed by atoms with Gasteiger partial charge in [0, 0.05) is 18.3 Å². The van der Waals surface area contributed by atoms with E-state index in [-0.39, 0.29) is 4.90 Å². The molecule has 0 fully saturated rings. The van der Waals surface area contributed by atoms with Crippen LogP contribution < -0.4 is 20.1 Å². The molecule has 1 atom stereocenters. The molecule has 172 valence electrons. The van der Waals surface area contributed by atoms with Crippen LogP contribution >= 0.6 is 0 Å². The zero-order valence-electron chi connectivity index (χ0n) is 18.4. The molecule has 0 heterocycles.